The van der Waals surface area contributed by atoms with Crippen molar-refractivity contribution in [2.24, 2.45) is 16.7 Å². The normalized spacial score (nSPS) is 32.9. The summed E-state index contributed by atoms with van der Waals surface area (Å²) in [6, 6.07) is 9.15. The van der Waals surface area contributed by atoms with E-state index in [1.165, 1.54) is 30.4 Å². The largest absolute Gasteiger partial charge is 0.465 e. The van der Waals surface area contributed by atoms with Crippen molar-refractivity contribution in [3.05, 3.63) is 35.4 Å². The fourth-order valence-corrected chi connectivity index (χ4v) is 6.28. The van der Waals surface area contributed by atoms with Crippen LogP contribution in [0.2, 0.25) is 0 Å². The third-order valence-electron chi connectivity index (χ3n) is 8.06. The van der Waals surface area contributed by atoms with Crippen LogP contribution in [0.4, 0.5) is 0 Å². The molecule has 2 heterocycles. The van der Waals surface area contributed by atoms with E-state index in [9.17, 15) is 9.59 Å². The molecular formula is C25H33NO3. The molecule has 1 aromatic carbocycles. The molecular weight excluding hydrogens is 362 g/mol. The van der Waals surface area contributed by atoms with E-state index in [0.717, 1.165) is 25.9 Å². The van der Waals surface area contributed by atoms with Crippen molar-refractivity contribution in [3.63, 3.8) is 0 Å². The molecule has 1 aromatic rings. The average molecular weight is 396 g/mol. The molecule has 0 N–H and O–H groups in total. The summed E-state index contributed by atoms with van der Waals surface area (Å²) in [6.07, 6.45) is 5.86. The molecule has 156 valence electrons. The third kappa shape index (κ3) is 3.29. The Labute approximate surface area is 174 Å². The van der Waals surface area contributed by atoms with Gasteiger partial charge in [0.1, 0.15) is 0 Å². The van der Waals surface area contributed by atoms with Gasteiger partial charge in [-0.1, -0.05) is 45.0 Å². The van der Waals surface area contributed by atoms with Crippen LogP contribution >= 0.6 is 0 Å². The fraction of sp³-hybridized carbons (Fsp3) is 0.680. The van der Waals surface area contributed by atoms with Crippen molar-refractivity contribution in [2.75, 3.05) is 19.7 Å². The van der Waals surface area contributed by atoms with Gasteiger partial charge < -0.3 is 9.64 Å². The predicted octanol–water partition coefficient (Wildman–Crippen LogP) is 4.42. The van der Waals surface area contributed by atoms with Gasteiger partial charge in [0.15, 0.2) is 0 Å². The van der Waals surface area contributed by atoms with E-state index >= 15 is 0 Å². The van der Waals surface area contributed by atoms with Crippen molar-refractivity contribution in [1.82, 2.24) is 4.90 Å². The molecule has 0 bridgehead atoms. The van der Waals surface area contributed by atoms with Crippen molar-refractivity contribution < 1.29 is 14.3 Å². The highest BCUT2D eigenvalue weighted by atomic mass is 16.5. The SMILES string of the molecule is CC(C)(C)c1cccc(C2CCC3(C2)CN(C(=O)C2CC4(COC(=O)C4)C2)C3)c1. The number of carbonyl (C=O) groups excluding carboxylic acids is 2. The Kier molecular flexibility index (Phi) is 4.18. The molecule has 0 aromatic heterocycles. The zero-order valence-electron chi connectivity index (χ0n) is 18.0. The number of carbonyl (C=O) groups is 2. The molecule has 4 aliphatic rings. The molecule has 4 nitrogen and oxygen atoms in total. The van der Waals surface area contributed by atoms with E-state index in [-0.39, 0.29) is 22.7 Å². The van der Waals surface area contributed by atoms with Gasteiger partial charge in [-0.3, -0.25) is 9.59 Å². The van der Waals surface area contributed by atoms with Gasteiger partial charge >= 0.3 is 5.97 Å². The minimum absolute atomic E-state index is 0.0174. The molecule has 2 saturated carbocycles. The zero-order valence-corrected chi connectivity index (χ0v) is 18.0. The molecule has 1 unspecified atom stereocenters. The van der Waals surface area contributed by atoms with E-state index in [1.807, 2.05) is 0 Å². The molecule has 0 radical (unpaired) electrons. The van der Waals surface area contributed by atoms with Crippen molar-refractivity contribution in [1.29, 1.82) is 0 Å². The number of benzene rings is 1. The maximum atomic E-state index is 12.9. The van der Waals surface area contributed by atoms with Gasteiger partial charge in [-0.2, -0.15) is 0 Å². The number of esters is 1. The van der Waals surface area contributed by atoms with Crippen LogP contribution in [-0.2, 0) is 19.7 Å². The predicted molar refractivity (Wildman–Crippen MR) is 111 cm³/mol. The topological polar surface area (TPSA) is 46.6 Å². The van der Waals surface area contributed by atoms with E-state index in [2.05, 4.69) is 49.9 Å². The Hall–Kier alpha value is -1.84. The van der Waals surface area contributed by atoms with Crippen LogP contribution in [0, 0.1) is 16.7 Å². The molecule has 2 aliphatic heterocycles. The third-order valence-corrected chi connectivity index (χ3v) is 8.06. The zero-order chi connectivity index (χ0) is 20.4. The smallest absolute Gasteiger partial charge is 0.306 e. The monoisotopic (exact) mass is 395 g/mol. The number of cyclic esters (lactones) is 1. The quantitative estimate of drug-likeness (QED) is 0.696. The summed E-state index contributed by atoms with van der Waals surface area (Å²) < 4.78 is 5.13. The summed E-state index contributed by atoms with van der Waals surface area (Å²) in [7, 11) is 0. The second kappa shape index (κ2) is 6.33. The van der Waals surface area contributed by atoms with Gasteiger partial charge in [0.25, 0.3) is 0 Å². The first-order valence-corrected chi connectivity index (χ1v) is 11.2. The van der Waals surface area contributed by atoms with Crippen LogP contribution in [0.1, 0.15) is 76.3 Å². The van der Waals surface area contributed by atoms with E-state index in [0.29, 0.717) is 30.3 Å². The minimum atomic E-state index is -0.0914. The lowest BCUT2D eigenvalue weighted by Gasteiger charge is -2.52. The summed E-state index contributed by atoms with van der Waals surface area (Å²) in [4.78, 5) is 26.4. The number of amides is 1. The van der Waals surface area contributed by atoms with Gasteiger partial charge in [-0.05, 0) is 54.6 Å². The van der Waals surface area contributed by atoms with E-state index in [4.69, 9.17) is 4.74 Å². The van der Waals surface area contributed by atoms with Gasteiger partial charge in [0.05, 0.1) is 13.0 Å². The first kappa shape index (κ1) is 19.1. The molecule has 2 aliphatic carbocycles. The van der Waals surface area contributed by atoms with Gasteiger partial charge in [-0.15, -0.1) is 0 Å². The molecule has 4 heteroatoms. The molecule has 1 amide bonds. The number of nitrogens with zero attached hydrogens (tertiary/aromatic N) is 1. The fourth-order valence-electron chi connectivity index (χ4n) is 6.28. The summed E-state index contributed by atoms with van der Waals surface area (Å²) in [5, 5.41) is 0. The van der Waals surface area contributed by atoms with Crippen LogP contribution in [0.15, 0.2) is 24.3 Å². The Morgan fingerprint density at radius 1 is 1.14 bits per heavy atom. The molecule has 2 spiro atoms. The second-order valence-corrected chi connectivity index (χ2v) is 11.5. The Balaban J connectivity index is 1.16. The molecule has 1 atom stereocenters. The Morgan fingerprint density at radius 3 is 2.55 bits per heavy atom. The lowest BCUT2D eigenvalue weighted by Crippen LogP contribution is -2.60. The van der Waals surface area contributed by atoms with Crippen LogP contribution < -0.4 is 0 Å². The number of likely N-dealkylation sites (tertiary alicyclic amines) is 1. The van der Waals surface area contributed by atoms with Crippen LogP contribution in [0.5, 0.6) is 0 Å². The maximum Gasteiger partial charge on any atom is 0.306 e. The molecule has 5 rings (SSSR count). The Morgan fingerprint density at radius 2 is 1.90 bits per heavy atom. The first-order chi connectivity index (χ1) is 13.7. The van der Waals surface area contributed by atoms with E-state index in [1.54, 1.807) is 0 Å². The first-order valence-electron chi connectivity index (χ1n) is 11.2. The number of ether oxygens (including phenoxy) is 1. The van der Waals surface area contributed by atoms with Crippen LogP contribution in [-0.4, -0.2) is 36.5 Å². The Bertz CT molecular complexity index is 840. The number of hydrogen-bond acceptors (Lipinski definition) is 3. The van der Waals surface area contributed by atoms with E-state index < -0.39 is 0 Å². The standard InChI is InChI=1S/C25H33NO3/c1-23(2,3)20-6-4-5-17(9-20)18-7-8-24(10-18)14-26(15-24)22(28)19-11-25(12-19)13-21(27)29-16-25/h4-6,9,18-19H,7-8,10-16H2,1-3H3. The summed E-state index contributed by atoms with van der Waals surface area (Å²) in [6.45, 7) is 9.21. The second-order valence-electron chi connectivity index (χ2n) is 11.5. The number of hydrogen-bond donors (Lipinski definition) is 0. The minimum Gasteiger partial charge on any atom is -0.465 e. The van der Waals surface area contributed by atoms with Gasteiger partial charge in [-0.25, -0.2) is 0 Å². The lowest BCUT2D eigenvalue weighted by atomic mass is 9.60. The summed E-state index contributed by atoms with van der Waals surface area (Å²) in [5.74, 6) is 0.968. The molecule has 29 heavy (non-hydrogen) atoms. The highest BCUT2D eigenvalue weighted by Gasteiger charge is 2.56. The lowest BCUT2D eigenvalue weighted by molar-refractivity contribution is -0.155. The number of rotatable bonds is 2. The molecule has 2 saturated heterocycles. The summed E-state index contributed by atoms with van der Waals surface area (Å²) in [5.41, 5.74) is 3.39. The average Bonchev–Trinajstić information content (AvgIpc) is 3.22. The highest BCUT2D eigenvalue weighted by Crippen LogP contribution is 2.55. The van der Waals surface area contributed by atoms with Crippen LogP contribution in [0.3, 0.4) is 0 Å². The molecule has 4 fully saturated rings. The van der Waals surface area contributed by atoms with Crippen LogP contribution in [0.25, 0.3) is 0 Å². The summed E-state index contributed by atoms with van der Waals surface area (Å²) >= 11 is 0. The maximum absolute atomic E-state index is 12.9. The van der Waals surface area contributed by atoms with Crippen molar-refractivity contribution >= 4 is 11.9 Å². The highest BCUT2D eigenvalue weighted by molar-refractivity contribution is 5.82. The van der Waals surface area contributed by atoms with Crippen molar-refractivity contribution in [3.8, 4) is 0 Å². The van der Waals surface area contributed by atoms with Gasteiger partial charge in [0.2, 0.25) is 5.91 Å². The van der Waals surface area contributed by atoms with Crippen molar-refractivity contribution in [2.45, 2.75) is 70.6 Å². The van der Waals surface area contributed by atoms with Gasteiger partial charge in [0, 0.05) is 29.8 Å².